The molecule has 0 unspecified atom stereocenters. The molecule has 1 aromatic carbocycles. The first kappa shape index (κ1) is 14.0. The molecule has 7 nitrogen and oxygen atoms in total. The van der Waals surface area contributed by atoms with Crippen molar-refractivity contribution >= 4 is 11.9 Å². The number of anilines is 1. The summed E-state index contributed by atoms with van der Waals surface area (Å²) in [4.78, 5) is 20.1. The number of rotatable bonds is 5. The van der Waals surface area contributed by atoms with Crippen molar-refractivity contribution in [1.29, 1.82) is 0 Å². The van der Waals surface area contributed by atoms with Gasteiger partial charge in [-0.05, 0) is 18.6 Å². The van der Waals surface area contributed by atoms with Gasteiger partial charge in [0.2, 0.25) is 5.95 Å². The van der Waals surface area contributed by atoms with Crippen molar-refractivity contribution in [3.05, 3.63) is 48.7 Å². The van der Waals surface area contributed by atoms with E-state index >= 15 is 0 Å². The minimum atomic E-state index is -0.252. The maximum Gasteiger partial charge on any atom is 0.258 e. The van der Waals surface area contributed by atoms with Crippen LogP contribution in [-0.2, 0) is 6.54 Å². The number of carbonyl (C=O) groups excluding carboxylic acids is 1. The minimum absolute atomic E-state index is 0.252. The topological polar surface area (TPSA) is 85.8 Å². The second kappa shape index (κ2) is 6.21. The fourth-order valence-corrected chi connectivity index (χ4v) is 2.01. The van der Waals surface area contributed by atoms with Crippen LogP contribution in [-0.4, -0.2) is 25.7 Å². The molecule has 0 bridgehead atoms. The van der Waals surface area contributed by atoms with Gasteiger partial charge in [-0.25, -0.2) is 9.97 Å². The van der Waals surface area contributed by atoms with Crippen molar-refractivity contribution in [3.63, 3.8) is 0 Å². The third kappa shape index (κ3) is 3.03. The number of nitrogens with one attached hydrogen (secondary N) is 1. The quantitative estimate of drug-likeness (QED) is 0.782. The molecule has 7 heteroatoms. The highest BCUT2D eigenvalue weighted by Crippen LogP contribution is 2.19. The van der Waals surface area contributed by atoms with Crippen LogP contribution >= 0.6 is 0 Å². The molecule has 2 heterocycles. The second-order valence-corrected chi connectivity index (χ2v) is 4.73. The van der Waals surface area contributed by atoms with Crippen molar-refractivity contribution in [2.75, 3.05) is 5.32 Å². The second-order valence-electron chi connectivity index (χ2n) is 4.73. The molecule has 0 spiro atoms. The van der Waals surface area contributed by atoms with E-state index in [-0.39, 0.29) is 5.91 Å². The smallest absolute Gasteiger partial charge is 0.258 e. The van der Waals surface area contributed by atoms with Crippen molar-refractivity contribution in [2.45, 2.75) is 19.9 Å². The number of hydrogen-bond acceptors (Lipinski definition) is 5. The van der Waals surface area contributed by atoms with Crippen LogP contribution in [0.3, 0.4) is 0 Å². The van der Waals surface area contributed by atoms with E-state index < -0.39 is 0 Å². The molecule has 0 aliphatic rings. The van der Waals surface area contributed by atoms with E-state index in [1.807, 2.05) is 0 Å². The zero-order valence-electron chi connectivity index (χ0n) is 12.1. The molecule has 3 rings (SSSR count). The van der Waals surface area contributed by atoms with Crippen LogP contribution in [0.25, 0.3) is 11.3 Å². The van der Waals surface area contributed by atoms with E-state index in [0.29, 0.717) is 17.3 Å². The molecule has 0 aliphatic carbocycles. The first-order valence-corrected chi connectivity index (χ1v) is 6.96. The summed E-state index contributed by atoms with van der Waals surface area (Å²) in [7, 11) is 0. The first-order valence-electron chi connectivity index (χ1n) is 6.96. The van der Waals surface area contributed by atoms with E-state index in [0.717, 1.165) is 18.5 Å². The standard InChI is InChI=1S/C15H15N5O2/c1-2-7-20-9-17-15(19-20)18-14(21)12-5-3-11(4-6-12)13-8-16-10-22-13/h3-6,8-10H,2,7H2,1H3,(H,18,19,21). The van der Waals surface area contributed by atoms with Crippen molar-refractivity contribution in [2.24, 2.45) is 0 Å². The summed E-state index contributed by atoms with van der Waals surface area (Å²) < 4.78 is 6.90. The Morgan fingerprint density at radius 2 is 2.14 bits per heavy atom. The van der Waals surface area contributed by atoms with Crippen molar-refractivity contribution in [3.8, 4) is 11.3 Å². The Balaban J connectivity index is 1.69. The van der Waals surface area contributed by atoms with Crippen LogP contribution in [0.2, 0.25) is 0 Å². The van der Waals surface area contributed by atoms with Gasteiger partial charge in [0.15, 0.2) is 12.2 Å². The number of hydrogen-bond donors (Lipinski definition) is 1. The lowest BCUT2D eigenvalue weighted by Gasteiger charge is -2.02. The van der Waals surface area contributed by atoms with E-state index in [1.165, 1.54) is 6.39 Å². The van der Waals surface area contributed by atoms with Gasteiger partial charge in [-0.2, -0.15) is 0 Å². The predicted octanol–water partition coefficient (Wildman–Crippen LogP) is 2.60. The molecule has 0 radical (unpaired) electrons. The molecule has 0 saturated carbocycles. The lowest BCUT2D eigenvalue weighted by Crippen LogP contribution is -2.13. The SMILES string of the molecule is CCCn1cnc(NC(=O)c2ccc(-c3cnco3)cc2)n1. The summed E-state index contributed by atoms with van der Waals surface area (Å²) in [6.45, 7) is 2.82. The van der Waals surface area contributed by atoms with Gasteiger partial charge in [0.1, 0.15) is 6.33 Å². The Labute approximate surface area is 127 Å². The van der Waals surface area contributed by atoms with E-state index in [9.17, 15) is 4.79 Å². The van der Waals surface area contributed by atoms with Gasteiger partial charge in [-0.1, -0.05) is 19.1 Å². The van der Waals surface area contributed by atoms with Gasteiger partial charge in [0.05, 0.1) is 6.20 Å². The Kier molecular flexibility index (Phi) is 3.95. The van der Waals surface area contributed by atoms with E-state index in [2.05, 4.69) is 27.3 Å². The predicted molar refractivity (Wildman–Crippen MR) is 80.2 cm³/mol. The fourth-order valence-electron chi connectivity index (χ4n) is 2.01. The molecule has 3 aromatic rings. The number of nitrogens with zero attached hydrogens (tertiary/aromatic N) is 4. The molecule has 112 valence electrons. The average molecular weight is 297 g/mol. The molecule has 0 atom stereocenters. The molecule has 2 aromatic heterocycles. The third-order valence-corrected chi connectivity index (χ3v) is 3.08. The highest BCUT2D eigenvalue weighted by molar-refractivity contribution is 6.03. The summed E-state index contributed by atoms with van der Waals surface area (Å²) in [6, 6.07) is 7.05. The highest BCUT2D eigenvalue weighted by atomic mass is 16.3. The van der Waals surface area contributed by atoms with Gasteiger partial charge in [-0.15, -0.1) is 5.10 Å². The fraction of sp³-hybridized carbons (Fsp3) is 0.200. The molecule has 0 aliphatic heterocycles. The van der Waals surface area contributed by atoms with Crippen molar-refractivity contribution < 1.29 is 9.21 Å². The van der Waals surface area contributed by atoms with Crippen LogP contribution in [0.15, 0.2) is 47.6 Å². The summed E-state index contributed by atoms with van der Waals surface area (Å²) in [5.74, 6) is 0.711. The third-order valence-electron chi connectivity index (χ3n) is 3.08. The molecule has 0 fully saturated rings. The number of aryl methyl sites for hydroxylation is 1. The largest absolute Gasteiger partial charge is 0.444 e. The summed E-state index contributed by atoms with van der Waals surface area (Å²) >= 11 is 0. The van der Waals surface area contributed by atoms with Gasteiger partial charge < -0.3 is 4.42 Å². The maximum absolute atomic E-state index is 12.1. The molecule has 1 amide bonds. The normalized spacial score (nSPS) is 10.6. The van der Waals surface area contributed by atoms with Crippen molar-refractivity contribution in [1.82, 2.24) is 19.7 Å². The molecule has 0 saturated heterocycles. The van der Waals surface area contributed by atoms with Crippen LogP contribution in [0.5, 0.6) is 0 Å². The number of aromatic nitrogens is 4. The average Bonchev–Trinajstić information content (AvgIpc) is 3.20. The van der Waals surface area contributed by atoms with E-state index in [4.69, 9.17) is 4.42 Å². The zero-order valence-corrected chi connectivity index (χ0v) is 12.1. The molecule has 22 heavy (non-hydrogen) atoms. The Bertz CT molecular complexity index is 747. The number of benzene rings is 1. The number of amides is 1. The summed E-state index contributed by atoms with van der Waals surface area (Å²) in [6.07, 6.45) is 5.56. The molecular weight excluding hydrogens is 282 g/mol. The summed E-state index contributed by atoms with van der Waals surface area (Å²) in [5, 5.41) is 6.85. The number of carbonyl (C=O) groups is 1. The Morgan fingerprint density at radius 3 is 2.82 bits per heavy atom. The lowest BCUT2D eigenvalue weighted by molar-refractivity contribution is 0.102. The zero-order chi connectivity index (χ0) is 15.4. The van der Waals surface area contributed by atoms with Crippen LogP contribution in [0.1, 0.15) is 23.7 Å². The Hall–Kier alpha value is -2.96. The first-order chi connectivity index (χ1) is 10.8. The van der Waals surface area contributed by atoms with Gasteiger partial charge in [0.25, 0.3) is 5.91 Å². The monoisotopic (exact) mass is 297 g/mol. The van der Waals surface area contributed by atoms with E-state index in [1.54, 1.807) is 41.5 Å². The van der Waals surface area contributed by atoms with Gasteiger partial charge in [-0.3, -0.25) is 14.8 Å². The highest BCUT2D eigenvalue weighted by Gasteiger charge is 2.10. The number of oxazole rings is 1. The van der Waals surface area contributed by atoms with Gasteiger partial charge in [0, 0.05) is 17.7 Å². The van der Waals surface area contributed by atoms with Crippen LogP contribution in [0, 0.1) is 0 Å². The molecule has 1 N–H and O–H groups in total. The molecular formula is C15H15N5O2. The van der Waals surface area contributed by atoms with Crippen LogP contribution < -0.4 is 5.32 Å². The lowest BCUT2D eigenvalue weighted by atomic mass is 10.1. The van der Waals surface area contributed by atoms with Gasteiger partial charge >= 0.3 is 0 Å². The maximum atomic E-state index is 12.1. The van der Waals surface area contributed by atoms with Crippen LogP contribution in [0.4, 0.5) is 5.95 Å². The summed E-state index contributed by atoms with van der Waals surface area (Å²) in [5.41, 5.74) is 1.38. The Morgan fingerprint density at radius 1 is 1.32 bits per heavy atom. The minimum Gasteiger partial charge on any atom is -0.444 e.